The fourth-order valence-corrected chi connectivity index (χ4v) is 2.05. The van der Waals surface area contributed by atoms with Crippen molar-refractivity contribution < 1.29 is 14.2 Å². The van der Waals surface area contributed by atoms with Crippen molar-refractivity contribution in [2.45, 2.75) is 26.4 Å². The highest BCUT2D eigenvalue weighted by Gasteiger charge is 2.01. The maximum absolute atomic E-state index is 5.68. The van der Waals surface area contributed by atoms with E-state index < -0.39 is 0 Å². The third-order valence-electron chi connectivity index (χ3n) is 3.61. The lowest BCUT2D eigenvalue weighted by molar-refractivity contribution is 0.0427. The molecule has 0 heterocycles. The summed E-state index contributed by atoms with van der Waals surface area (Å²) in [5.74, 6) is 1.73. The summed E-state index contributed by atoms with van der Waals surface area (Å²) in [6.45, 7) is 5.38. The van der Waals surface area contributed by atoms with E-state index in [0.29, 0.717) is 19.3 Å². The van der Waals surface area contributed by atoms with Gasteiger partial charge in [0.1, 0.15) is 18.1 Å². The lowest BCUT2D eigenvalue weighted by atomic mass is 10.1. The van der Waals surface area contributed by atoms with E-state index in [2.05, 4.69) is 38.1 Å². The van der Waals surface area contributed by atoms with Crippen LogP contribution in [0.25, 0.3) is 11.1 Å². The molecule has 1 atom stereocenters. The molecule has 2 aromatic carbocycles. The van der Waals surface area contributed by atoms with Crippen molar-refractivity contribution in [3.63, 3.8) is 0 Å². The van der Waals surface area contributed by atoms with Crippen LogP contribution in [0.1, 0.15) is 20.3 Å². The van der Waals surface area contributed by atoms with Gasteiger partial charge in [-0.15, -0.1) is 0 Å². The second-order valence-electron chi connectivity index (χ2n) is 5.19. The lowest BCUT2D eigenvalue weighted by Crippen LogP contribution is -2.13. The molecule has 0 saturated heterocycles. The number of hydrogen-bond acceptors (Lipinski definition) is 3. The predicted octanol–water partition coefficient (Wildman–Crippen LogP) is 4.56. The minimum atomic E-state index is 0.293. The van der Waals surface area contributed by atoms with E-state index in [1.54, 1.807) is 7.11 Å². The van der Waals surface area contributed by atoms with Crippen molar-refractivity contribution in [3.05, 3.63) is 48.5 Å². The first-order valence-electron chi connectivity index (χ1n) is 7.71. The van der Waals surface area contributed by atoms with E-state index in [1.807, 2.05) is 24.3 Å². The summed E-state index contributed by atoms with van der Waals surface area (Å²) in [6, 6.07) is 16.1. The molecular formula is C19H24O3. The second-order valence-corrected chi connectivity index (χ2v) is 5.19. The standard InChI is InChI=1S/C19H24O3/c1-4-15(2)21-13-14-22-19-11-7-17(8-12-19)16-5-9-18(20-3)10-6-16/h5-12,15H,4,13-14H2,1-3H3. The van der Waals surface area contributed by atoms with Crippen LogP contribution in [0.4, 0.5) is 0 Å². The van der Waals surface area contributed by atoms with Crippen LogP contribution in [-0.2, 0) is 4.74 Å². The molecule has 0 N–H and O–H groups in total. The summed E-state index contributed by atoms with van der Waals surface area (Å²) in [5.41, 5.74) is 2.32. The van der Waals surface area contributed by atoms with Gasteiger partial charge in [0.25, 0.3) is 0 Å². The van der Waals surface area contributed by atoms with Crippen LogP contribution in [0.15, 0.2) is 48.5 Å². The fraction of sp³-hybridized carbons (Fsp3) is 0.368. The molecule has 0 aliphatic heterocycles. The van der Waals surface area contributed by atoms with Gasteiger partial charge in [0.15, 0.2) is 0 Å². The Morgan fingerprint density at radius 1 is 0.818 bits per heavy atom. The molecule has 3 heteroatoms. The lowest BCUT2D eigenvalue weighted by Gasteiger charge is -2.11. The second kappa shape index (κ2) is 8.44. The van der Waals surface area contributed by atoms with Gasteiger partial charge in [0, 0.05) is 0 Å². The fourth-order valence-electron chi connectivity index (χ4n) is 2.05. The number of ether oxygens (including phenoxy) is 3. The molecule has 1 unspecified atom stereocenters. The van der Waals surface area contributed by atoms with Crippen molar-refractivity contribution in [2.24, 2.45) is 0 Å². The van der Waals surface area contributed by atoms with Crippen LogP contribution >= 0.6 is 0 Å². The van der Waals surface area contributed by atoms with Crippen LogP contribution in [0.5, 0.6) is 11.5 Å². The monoisotopic (exact) mass is 300 g/mol. The number of methoxy groups -OCH3 is 1. The molecular weight excluding hydrogens is 276 g/mol. The van der Waals surface area contributed by atoms with Gasteiger partial charge in [-0.2, -0.15) is 0 Å². The summed E-state index contributed by atoms with van der Waals surface area (Å²) < 4.78 is 16.4. The summed E-state index contributed by atoms with van der Waals surface area (Å²) in [5, 5.41) is 0. The Labute approximate surface area is 132 Å². The Balaban J connectivity index is 1.87. The topological polar surface area (TPSA) is 27.7 Å². The van der Waals surface area contributed by atoms with Crippen LogP contribution in [0.3, 0.4) is 0 Å². The van der Waals surface area contributed by atoms with Gasteiger partial charge in [-0.25, -0.2) is 0 Å². The Bertz CT molecular complexity index is 546. The molecule has 0 radical (unpaired) electrons. The quantitative estimate of drug-likeness (QED) is 0.669. The number of rotatable bonds is 8. The molecule has 0 fully saturated rings. The molecule has 0 aliphatic carbocycles. The van der Waals surface area contributed by atoms with E-state index in [0.717, 1.165) is 29.0 Å². The highest BCUT2D eigenvalue weighted by Crippen LogP contribution is 2.24. The van der Waals surface area contributed by atoms with E-state index in [9.17, 15) is 0 Å². The Kier molecular flexibility index (Phi) is 6.28. The van der Waals surface area contributed by atoms with Crippen LogP contribution in [0, 0.1) is 0 Å². The maximum atomic E-state index is 5.68. The van der Waals surface area contributed by atoms with Gasteiger partial charge < -0.3 is 14.2 Å². The molecule has 0 aliphatic rings. The highest BCUT2D eigenvalue weighted by molar-refractivity contribution is 5.64. The summed E-state index contributed by atoms with van der Waals surface area (Å²) in [4.78, 5) is 0. The minimum absolute atomic E-state index is 0.293. The minimum Gasteiger partial charge on any atom is -0.497 e. The molecule has 0 bridgehead atoms. The van der Waals surface area contributed by atoms with Crippen LogP contribution in [0.2, 0.25) is 0 Å². The average Bonchev–Trinajstić information content (AvgIpc) is 2.59. The Hall–Kier alpha value is -2.00. The predicted molar refractivity (Wildman–Crippen MR) is 89.6 cm³/mol. The normalized spacial score (nSPS) is 12.0. The molecule has 118 valence electrons. The maximum Gasteiger partial charge on any atom is 0.119 e. The van der Waals surface area contributed by atoms with Crippen molar-refractivity contribution >= 4 is 0 Å². The Morgan fingerprint density at radius 2 is 1.36 bits per heavy atom. The molecule has 2 rings (SSSR count). The van der Waals surface area contributed by atoms with E-state index in [1.165, 1.54) is 0 Å². The SMILES string of the molecule is CCC(C)OCCOc1ccc(-c2ccc(OC)cc2)cc1. The van der Waals surface area contributed by atoms with Crippen LogP contribution in [-0.4, -0.2) is 26.4 Å². The average molecular weight is 300 g/mol. The van der Waals surface area contributed by atoms with Crippen LogP contribution < -0.4 is 9.47 Å². The van der Waals surface area contributed by atoms with Gasteiger partial charge in [-0.3, -0.25) is 0 Å². The van der Waals surface area contributed by atoms with Crippen molar-refractivity contribution in [1.29, 1.82) is 0 Å². The zero-order valence-electron chi connectivity index (χ0n) is 13.5. The highest BCUT2D eigenvalue weighted by atomic mass is 16.5. The zero-order valence-corrected chi connectivity index (χ0v) is 13.5. The summed E-state index contributed by atoms with van der Waals surface area (Å²) in [7, 11) is 1.67. The van der Waals surface area contributed by atoms with E-state index in [-0.39, 0.29) is 0 Å². The van der Waals surface area contributed by atoms with Gasteiger partial charge in [0.05, 0.1) is 19.8 Å². The molecule has 0 spiro atoms. The van der Waals surface area contributed by atoms with Gasteiger partial charge >= 0.3 is 0 Å². The first-order valence-corrected chi connectivity index (χ1v) is 7.71. The molecule has 3 nitrogen and oxygen atoms in total. The van der Waals surface area contributed by atoms with Gasteiger partial charge in [-0.1, -0.05) is 31.2 Å². The summed E-state index contributed by atoms with van der Waals surface area (Å²) >= 11 is 0. The first kappa shape index (κ1) is 16.4. The molecule has 0 amide bonds. The largest absolute Gasteiger partial charge is 0.497 e. The zero-order chi connectivity index (χ0) is 15.8. The van der Waals surface area contributed by atoms with Crippen molar-refractivity contribution in [1.82, 2.24) is 0 Å². The van der Waals surface area contributed by atoms with E-state index >= 15 is 0 Å². The summed E-state index contributed by atoms with van der Waals surface area (Å²) in [6.07, 6.45) is 1.32. The smallest absolute Gasteiger partial charge is 0.119 e. The third kappa shape index (κ3) is 4.78. The van der Waals surface area contributed by atoms with Gasteiger partial charge in [-0.05, 0) is 48.7 Å². The number of benzene rings is 2. The first-order chi connectivity index (χ1) is 10.7. The van der Waals surface area contributed by atoms with Crippen molar-refractivity contribution in [2.75, 3.05) is 20.3 Å². The van der Waals surface area contributed by atoms with E-state index in [4.69, 9.17) is 14.2 Å². The van der Waals surface area contributed by atoms with Crippen molar-refractivity contribution in [3.8, 4) is 22.6 Å². The molecule has 22 heavy (non-hydrogen) atoms. The Morgan fingerprint density at radius 3 is 1.86 bits per heavy atom. The third-order valence-corrected chi connectivity index (χ3v) is 3.61. The molecule has 0 saturated carbocycles. The molecule has 2 aromatic rings. The van der Waals surface area contributed by atoms with Gasteiger partial charge in [0.2, 0.25) is 0 Å². The molecule has 0 aromatic heterocycles. The number of hydrogen-bond donors (Lipinski definition) is 0.